The topological polar surface area (TPSA) is 71.7 Å². The molecule has 0 radical (unpaired) electrons. The highest BCUT2D eigenvalue weighted by atomic mass is 32.2. The third-order valence-corrected chi connectivity index (χ3v) is 4.89. The zero-order valence-corrected chi connectivity index (χ0v) is 11.7. The molecule has 3 aromatic rings. The maximum absolute atomic E-state index is 12.8. The SMILES string of the molecule is O=S(=O)(c1ccccc1)n1/c(=N/O)ccc2ccccc21. The van der Waals surface area contributed by atoms with Crippen LogP contribution in [0, 0.1) is 0 Å². The van der Waals surface area contributed by atoms with Crippen LogP contribution in [0.5, 0.6) is 0 Å². The number of rotatable bonds is 2. The van der Waals surface area contributed by atoms with Crippen LogP contribution >= 0.6 is 0 Å². The van der Waals surface area contributed by atoms with Gasteiger partial charge in [0.25, 0.3) is 10.0 Å². The number of fused-ring (bicyclic) bond motifs is 1. The van der Waals surface area contributed by atoms with Crippen LogP contribution in [0.1, 0.15) is 0 Å². The molecule has 0 amide bonds. The zero-order chi connectivity index (χ0) is 14.9. The summed E-state index contributed by atoms with van der Waals surface area (Å²) in [6.07, 6.45) is 0. The lowest BCUT2D eigenvalue weighted by Gasteiger charge is -2.12. The molecule has 106 valence electrons. The van der Waals surface area contributed by atoms with E-state index in [0.29, 0.717) is 5.52 Å². The van der Waals surface area contributed by atoms with Gasteiger partial charge in [-0.3, -0.25) is 0 Å². The fraction of sp³-hybridized carbons (Fsp3) is 0. The Balaban J connectivity index is 2.45. The van der Waals surface area contributed by atoms with Crippen molar-refractivity contribution in [3.8, 4) is 0 Å². The van der Waals surface area contributed by atoms with Crippen LogP contribution in [0.25, 0.3) is 10.9 Å². The quantitative estimate of drug-likeness (QED) is 0.582. The van der Waals surface area contributed by atoms with E-state index in [-0.39, 0.29) is 10.4 Å². The minimum Gasteiger partial charge on any atom is -0.409 e. The molecule has 21 heavy (non-hydrogen) atoms. The van der Waals surface area contributed by atoms with Crippen molar-refractivity contribution < 1.29 is 13.6 Å². The molecule has 0 saturated carbocycles. The van der Waals surface area contributed by atoms with Crippen LogP contribution in [-0.4, -0.2) is 17.6 Å². The van der Waals surface area contributed by atoms with Gasteiger partial charge in [-0.1, -0.05) is 41.6 Å². The first kappa shape index (κ1) is 13.4. The van der Waals surface area contributed by atoms with Gasteiger partial charge in [-0.15, -0.1) is 0 Å². The van der Waals surface area contributed by atoms with Gasteiger partial charge >= 0.3 is 0 Å². The van der Waals surface area contributed by atoms with Crippen LogP contribution in [0.15, 0.2) is 76.8 Å². The van der Waals surface area contributed by atoms with Crippen molar-refractivity contribution in [2.24, 2.45) is 5.16 Å². The number of aromatic nitrogens is 1. The number of hydrogen-bond acceptors (Lipinski definition) is 4. The van der Waals surface area contributed by atoms with Crippen molar-refractivity contribution in [2.75, 3.05) is 0 Å². The molecular weight excluding hydrogens is 288 g/mol. The van der Waals surface area contributed by atoms with Crippen LogP contribution in [0.3, 0.4) is 0 Å². The van der Waals surface area contributed by atoms with E-state index >= 15 is 0 Å². The molecule has 1 aromatic heterocycles. The highest BCUT2D eigenvalue weighted by Crippen LogP contribution is 2.18. The Labute approximate surface area is 121 Å². The first-order chi connectivity index (χ1) is 10.1. The normalized spacial score (nSPS) is 12.7. The Morgan fingerprint density at radius 1 is 0.857 bits per heavy atom. The van der Waals surface area contributed by atoms with Crippen molar-refractivity contribution >= 4 is 20.9 Å². The second-order valence-corrected chi connectivity index (χ2v) is 6.22. The summed E-state index contributed by atoms with van der Waals surface area (Å²) in [4.78, 5) is 0.135. The Kier molecular flexibility index (Phi) is 3.23. The molecule has 0 aliphatic carbocycles. The van der Waals surface area contributed by atoms with Gasteiger partial charge in [0.15, 0.2) is 5.49 Å². The Morgan fingerprint density at radius 2 is 1.52 bits per heavy atom. The highest BCUT2D eigenvalue weighted by Gasteiger charge is 2.19. The molecule has 0 saturated heterocycles. The van der Waals surface area contributed by atoms with Crippen LogP contribution in [-0.2, 0) is 10.0 Å². The van der Waals surface area contributed by atoms with E-state index in [1.165, 1.54) is 18.2 Å². The summed E-state index contributed by atoms with van der Waals surface area (Å²) in [7, 11) is -3.85. The molecule has 6 heteroatoms. The van der Waals surface area contributed by atoms with E-state index in [0.717, 1.165) is 9.36 Å². The van der Waals surface area contributed by atoms with Gasteiger partial charge in [0.1, 0.15) is 0 Å². The lowest BCUT2D eigenvalue weighted by Crippen LogP contribution is -2.28. The molecule has 1 heterocycles. The molecule has 0 unspecified atom stereocenters. The first-order valence-electron chi connectivity index (χ1n) is 6.24. The molecule has 0 fully saturated rings. The molecule has 1 N–H and O–H groups in total. The largest absolute Gasteiger partial charge is 0.409 e. The molecule has 0 bridgehead atoms. The summed E-state index contributed by atoms with van der Waals surface area (Å²) in [5, 5.41) is 13.0. The monoisotopic (exact) mass is 300 g/mol. The Hall–Kier alpha value is -2.60. The van der Waals surface area contributed by atoms with Crippen molar-refractivity contribution in [2.45, 2.75) is 4.90 Å². The first-order valence-corrected chi connectivity index (χ1v) is 7.68. The summed E-state index contributed by atoms with van der Waals surface area (Å²) in [5.41, 5.74) is 0.411. The minimum atomic E-state index is -3.85. The second kappa shape index (κ2) is 5.06. The smallest absolute Gasteiger partial charge is 0.270 e. The standard InChI is InChI=1S/C15H12N2O3S/c18-16-15-11-10-12-6-4-5-9-14(12)17(15)21(19,20)13-7-2-1-3-8-13/h1-11,18H/b16-15+. The second-order valence-electron chi connectivity index (χ2n) is 4.43. The van der Waals surface area contributed by atoms with Gasteiger partial charge in [0, 0.05) is 0 Å². The molecule has 0 aliphatic rings. The number of hydrogen-bond donors (Lipinski definition) is 1. The van der Waals surface area contributed by atoms with Crippen molar-refractivity contribution in [3.05, 3.63) is 72.2 Å². The number of nitrogens with zero attached hydrogens (tertiary/aromatic N) is 2. The van der Waals surface area contributed by atoms with Gasteiger partial charge in [-0.05, 0) is 35.7 Å². The van der Waals surface area contributed by atoms with E-state index in [4.69, 9.17) is 5.21 Å². The Morgan fingerprint density at radius 3 is 2.24 bits per heavy atom. The van der Waals surface area contributed by atoms with E-state index in [1.54, 1.807) is 42.5 Å². The maximum Gasteiger partial charge on any atom is 0.270 e. The molecule has 5 nitrogen and oxygen atoms in total. The summed E-state index contributed by atoms with van der Waals surface area (Å²) in [5.74, 6) is 0. The van der Waals surface area contributed by atoms with Gasteiger partial charge in [0.05, 0.1) is 10.4 Å². The lowest BCUT2D eigenvalue weighted by atomic mass is 10.2. The molecule has 0 aliphatic heterocycles. The van der Waals surface area contributed by atoms with Crippen molar-refractivity contribution in [1.29, 1.82) is 0 Å². The zero-order valence-electron chi connectivity index (χ0n) is 10.9. The average molecular weight is 300 g/mol. The number of para-hydroxylation sites is 1. The van der Waals surface area contributed by atoms with E-state index < -0.39 is 10.0 Å². The van der Waals surface area contributed by atoms with E-state index in [1.807, 2.05) is 6.07 Å². The summed E-state index contributed by atoms with van der Waals surface area (Å²) in [6.45, 7) is 0. The third-order valence-electron chi connectivity index (χ3n) is 3.16. The van der Waals surface area contributed by atoms with Gasteiger partial charge in [-0.25, -0.2) is 12.4 Å². The molecule has 0 atom stereocenters. The number of benzene rings is 2. The molecular formula is C15H12N2O3S. The average Bonchev–Trinajstić information content (AvgIpc) is 2.54. The predicted molar refractivity (Wildman–Crippen MR) is 78.3 cm³/mol. The molecule has 3 rings (SSSR count). The van der Waals surface area contributed by atoms with Gasteiger partial charge in [0.2, 0.25) is 0 Å². The van der Waals surface area contributed by atoms with Gasteiger partial charge < -0.3 is 5.21 Å². The molecule has 0 spiro atoms. The summed E-state index contributed by atoms with van der Waals surface area (Å²) < 4.78 is 26.7. The summed E-state index contributed by atoms with van der Waals surface area (Å²) in [6, 6.07) is 18.2. The maximum atomic E-state index is 12.8. The third kappa shape index (κ3) is 2.19. The highest BCUT2D eigenvalue weighted by molar-refractivity contribution is 7.90. The van der Waals surface area contributed by atoms with E-state index in [2.05, 4.69) is 5.16 Å². The van der Waals surface area contributed by atoms with Gasteiger partial charge in [-0.2, -0.15) is 0 Å². The fourth-order valence-electron chi connectivity index (χ4n) is 2.19. The fourth-order valence-corrected chi connectivity index (χ4v) is 3.67. The number of pyridine rings is 1. The van der Waals surface area contributed by atoms with Crippen molar-refractivity contribution in [3.63, 3.8) is 0 Å². The summed E-state index contributed by atoms with van der Waals surface area (Å²) >= 11 is 0. The minimum absolute atomic E-state index is 0.0439. The van der Waals surface area contributed by atoms with Crippen LogP contribution in [0.2, 0.25) is 0 Å². The molecule has 2 aromatic carbocycles. The predicted octanol–water partition coefficient (Wildman–Crippen LogP) is 2.17. The van der Waals surface area contributed by atoms with Crippen molar-refractivity contribution in [1.82, 2.24) is 3.97 Å². The van der Waals surface area contributed by atoms with Crippen LogP contribution < -0.4 is 5.49 Å². The Bertz CT molecular complexity index is 961. The van der Waals surface area contributed by atoms with E-state index in [9.17, 15) is 8.42 Å². The lowest BCUT2D eigenvalue weighted by molar-refractivity contribution is 0.297. The van der Waals surface area contributed by atoms with Crippen LogP contribution in [0.4, 0.5) is 0 Å².